The SMILES string of the molecule is CCC(=O)N(c1ccccc1)C1(C(=O)OC)CCN(c2ccccc2CC)CC1. The van der Waals surface area contributed by atoms with Crippen molar-refractivity contribution in [2.45, 2.75) is 45.1 Å². The van der Waals surface area contributed by atoms with Crippen molar-refractivity contribution >= 4 is 23.3 Å². The van der Waals surface area contributed by atoms with Gasteiger partial charge in [-0.2, -0.15) is 0 Å². The van der Waals surface area contributed by atoms with Crippen molar-refractivity contribution in [2.24, 2.45) is 0 Å². The fourth-order valence-corrected chi connectivity index (χ4v) is 4.31. The third-order valence-electron chi connectivity index (χ3n) is 5.86. The van der Waals surface area contributed by atoms with Gasteiger partial charge in [-0.15, -0.1) is 0 Å². The Labute approximate surface area is 173 Å². The second-order valence-corrected chi connectivity index (χ2v) is 7.41. The normalized spacial score (nSPS) is 15.6. The first kappa shape index (κ1) is 20.9. The van der Waals surface area contributed by atoms with E-state index in [1.165, 1.54) is 18.4 Å². The predicted molar refractivity (Wildman–Crippen MR) is 116 cm³/mol. The Morgan fingerprint density at radius 1 is 1.00 bits per heavy atom. The first-order valence-electron chi connectivity index (χ1n) is 10.4. The highest BCUT2D eigenvalue weighted by Gasteiger charge is 2.50. The summed E-state index contributed by atoms with van der Waals surface area (Å²) in [6.45, 7) is 5.35. The molecule has 1 saturated heterocycles. The molecule has 2 aromatic carbocycles. The molecule has 0 spiro atoms. The van der Waals surface area contributed by atoms with Crippen LogP contribution in [0.4, 0.5) is 11.4 Å². The molecule has 0 aliphatic carbocycles. The van der Waals surface area contributed by atoms with Gasteiger partial charge in [0.15, 0.2) is 0 Å². The van der Waals surface area contributed by atoms with Crippen LogP contribution >= 0.6 is 0 Å². The Hall–Kier alpha value is -2.82. The van der Waals surface area contributed by atoms with Gasteiger partial charge in [-0.3, -0.25) is 9.69 Å². The number of esters is 1. The second kappa shape index (κ2) is 9.12. The molecular weight excluding hydrogens is 364 g/mol. The van der Waals surface area contributed by atoms with E-state index in [9.17, 15) is 9.59 Å². The number of anilines is 2. The van der Waals surface area contributed by atoms with Gasteiger partial charge in [0.25, 0.3) is 0 Å². The van der Waals surface area contributed by atoms with Gasteiger partial charge in [0.05, 0.1) is 7.11 Å². The number of aryl methyl sites for hydroxylation is 1. The molecule has 1 fully saturated rings. The maximum atomic E-state index is 13.1. The summed E-state index contributed by atoms with van der Waals surface area (Å²) in [5.41, 5.74) is 2.26. The first-order valence-corrected chi connectivity index (χ1v) is 10.4. The lowest BCUT2D eigenvalue weighted by molar-refractivity contribution is -0.149. The zero-order valence-electron chi connectivity index (χ0n) is 17.6. The van der Waals surface area contributed by atoms with Gasteiger partial charge in [0, 0.05) is 30.9 Å². The number of ether oxygens (including phenoxy) is 1. The standard InChI is InChI=1S/C24H30N2O3/c1-4-19-11-9-10-14-21(19)25-17-15-24(16-18-25,23(28)29-3)26(22(27)5-2)20-12-7-6-8-13-20/h6-14H,4-5,15-18H2,1-3H3. The van der Waals surface area contributed by atoms with E-state index in [-0.39, 0.29) is 11.9 Å². The fourth-order valence-electron chi connectivity index (χ4n) is 4.31. The monoisotopic (exact) mass is 394 g/mol. The summed E-state index contributed by atoms with van der Waals surface area (Å²) in [6.07, 6.45) is 2.34. The van der Waals surface area contributed by atoms with Crippen LogP contribution in [0.15, 0.2) is 54.6 Å². The second-order valence-electron chi connectivity index (χ2n) is 7.41. The number of para-hydroxylation sites is 2. The Kier molecular flexibility index (Phi) is 6.57. The molecule has 0 radical (unpaired) electrons. The number of rotatable bonds is 6. The number of amides is 1. The molecule has 29 heavy (non-hydrogen) atoms. The van der Waals surface area contributed by atoms with E-state index in [0.717, 1.165) is 12.1 Å². The summed E-state index contributed by atoms with van der Waals surface area (Å²) in [4.78, 5) is 30.1. The highest BCUT2D eigenvalue weighted by molar-refractivity contribution is 6.02. The number of benzene rings is 2. The average molecular weight is 395 g/mol. The van der Waals surface area contributed by atoms with Gasteiger partial charge in [0.1, 0.15) is 5.54 Å². The fraction of sp³-hybridized carbons (Fsp3) is 0.417. The Bertz CT molecular complexity index is 842. The van der Waals surface area contributed by atoms with Crippen LogP contribution in [0, 0.1) is 0 Å². The molecule has 1 aliphatic rings. The Morgan fingerprint density at radius 2 is 1.62 bits per heavy atom. The highest BCUT2D eigenvalue weighted by atomic mass is 16.5. The van der Waals surface area contributed by atoms with Gasteiger partial charge < -0.3 is 9.64 Å². The number of piperidine rings is 1. The molecule has 0 saturated carbocycles. The quantitative estimate of drug-likeness (QED) is 0.689. The Morgan fingerprint density at radius 3 is 2.21 bits per heavy atom. The minimum atomic E-state index is -0.985. The lowest BCUT2D eigenvalue weighted by Crippen LogP contribution is -2.62. The molecule has 2 aromatic rings. The number of methoxy groups -OCH3 is 1. The highest BCUT2D eigenvalue weighted by Crippen LogP contribution is 2.37. The molecule has 1 aliphatic heterocycles. The molecule has 0 aromatic heterocycles. The third-order valence-corrected chi connectivity index (χ3v) is 5.86. The summed E-state index contributed by atoms with van der Waals surface area (Å²) >= 11 is 0. The first-order chi connectivity index (χ1) is 14.1. The summed E-state index contributed by atoms with van der Waals surface area (Å²) in [6, 6.07) is 17.9. The van der Waals surface area contributed by atoms with Crippen molar-refractivity contribution in [1.82, 2.24) is 0 Å². The van der Waals surface area contributed by atoms with Crippen LogP contribution in [-0.2, 0) is 20.7 Å². The van der Waals surface area contributed by atoms with Crippen LogP contribution in [0.2, 0.25) is 0 Å². The van der Waals surface area contributed by atoms with Crippen LogP contribution in [0.25, 0.3) is 0 Å². The van der Waals surface area contributed by atoms with Crippen molar-refractivity contribution in [3.05, 3.63) is 60.2 Å². The molecular formula is C24H30N2O3. The van der Waals surface area contributed by atoms with E-state index in [4.69, 9.17) is 4.74 Å². The van der Waals surface area contributed by atoms with E-state index >= 15 is 0 Å². The lowest BCUT2D eigenvalue weighted by Gasteiger charge is -2.47. The van der Waals surface area contributed by atoms with Gasteiger partial charge in [-0.05, 0) is 43.0 Å². The van der Waals surface area contributed by atoms with Gasteiger partial charge in [-0.25, -0.2) is 4.79 Å². The van der Waals surface area contributed by atoms with Crippen LogP contribution in [0.3, 0.4) is 0 Å². The van der Waals surface area contributed by atoms with E-state index in [1.54, 1.807) is 4.90 Å². The van der Waals surface area contributed by atoms with E-state index in [1.807, 2.05) is 43.3 Å². The van der Waals surface area contributed by atoms with Crippen LogP contribution < -0.4 is 9.80 Å². The summed E-state index contributed by atoms with van der Waals surface area (Å²) in [5, 5.41) is 0. The van der Waals surface area contributed by atoms with Gasteiger partial charge >= 0.3 is 5.97 Å². The third kappa shape index (κ3) is 4.00. The number of carbonyl (C=O) groups excluding carboxylic acids is 2. The molecule has 154 valence electrons. The minimum absolute atomic E-state index is 0.0657. The van der Waals surface area contributed by atoms with Crippen molar-refractivity contribution in [3.63, 3.8) is 0 Å². The zero-order chi connectivity index (χ0) is 20.9. The molecule has 1 heterocycles. The lowest BCUT2D eigenvalue weighted by atomic mass is 9.84. The van der Waals surface area contributed by atoms with Crippen molar-refractivity contribution in [1.29, 1.82) is 0 Å². The summed E-state index contributed by atoms with van der Waals surface area (Å²) in [7, 11) is 1.41. The van der Waals surface area contributed by atoms with Crippen molar-refractivity contribution in [3.8, 4) is 0 Å². The molecule has 5 heteroatoms. The van der Waals surface area contributed by atoms with Crippen molar-refractivity contribution < 1.29 is 14.3 Å². The summed E-state index contributed by atoms with van der Waals surface area (Å²) in [5.74, 6) is -0.407. The van der Waals surface area contributed by atoms with Crippen LogP contribution in [-0.4, -0.2) is 37.6 Å². The topological polar surface area (TPSA) is 49.9 Å². The molecule has 0 atom stereocenters. The molecule has 5 nitrogen and oxygen atoms in total. The van der Waals surface area contributed by atoms with E-state index in [0.29, 0.717) is 32.4 Å². The predicted octanol–water partition coefficient (Wildman–Crippen LogP) is 4.20. The van der Waals surface area contributed by atoms with E-state index in [2.05, 4.69) is 30.0 Å². The Balaban J connectivity index is 1.96. The van der Waals surface area contributed by atoms with Crippen molar-refractivity contribution in [2.75, 3.05) is 30.0 Å². The minimum Gasteiger partial charge on any atom is -0.467 e. The number of hydrogen-bond acceptors (Lipinski definition) is 4. The molecule has 0 unspecified atom stereocenters. The van der Waals surface area contributed by atoms with E-state index < -0.39 is 5.54 Å². The average Bonchev–Trinajstić information content (AvgIpc) is 2.79. The molecule has 0 N–H and O–H groups in total. The maximum absolute atomic E-state index is 13.1. The van der Waals surface area contributed by atoms with Gasteiger partial charge in [0.2, 0.25) is 5.91 Å². The maximum Gasteiger partial charge on any atom is 0.332 e. The zero-order valence-corrected chi connectivity index (χ0v) is 17.6. The van der Waals surface area contributed by atoms with Gasteiger partial charge in [-0.1, -0.05) is 50.2 Å². The van der Waals surface area contributed by atoms with Crippen LogP contribution in [0.1, 0.15) is 38.7 Å². The smallest absolute Gasteiger partial charge is 0.332 e. The summed E-state index contributed by atoms with van der Waals surface area (Å²) < 4.78 is 5.22. The largest absolute Gasteiger partial charge is 0.467 e. The molecule has 1 amide bonds. The number of hydrogen-bond donors (Lipinski definition) is 0. The number of nitrogens with zero attached hydrogens (tertiary/aromatic N) is 2. The molecule has 0 bridgehead atoms. The van der Waals surface area contributed by atoms with Crippen LogP contribution in [0.5, 0.6) is 0 Å². The molecule has 3 rings (SSSR count). The number of carbonyl (C=O) groups is 2.